The largest absolute Gasteiger partial charge is 0.361 e. The average Bonchev–Trinajstić information content (AvgIpc) is 2.72. The molecule has 1 aromatic heterocycles. The molecule has 0 aliphatic carbocycles. The van der Waals surface area contributed by atoms with E-state index in [1.807, 2.05) is 0 Å². The third-order valence-corrected chi connectivity index (χ3v) is 3.09. The van der Waals surface area contributed by atoms with Gasteiger partial charge in [0.1, 0.15) is 5.76 Å². The Labute approximate surface area is 115 Å². The van der Waals surface area contributed by atoms with Gasteiger partial charge >= 0.3 is 0 Å². The van der Waals surface area contributed by atoms with Crippen LogP contribution in [0.1, 0.15) is 27.4 Å². The molecule has 0 aliphatic rings. The maximum Gasteiger partial charge on any atom is 0.254 e. The fourth-order valence-electron chi connectivity index (χ4n) is 1.89. The van der Waals surface area contributed by atoms with Gasteiger partial charge in [0.15, 0.2) is 11.6 Å². The number of nitrogens with zero attached hydrogens (tertiary/aromatic N) is 2. The summed E-state index contributed by atoms with van der Waals surface area (Å²) in [7, 11) is 1.58. The van der Waals surface area contributed by atoms with Crippen LogP contribution in [0.25, 0.3) is 0 Å². The van der Waals surface area contributed by atoms with Gasteiger partial charge in [-0.2, -0.15) is 0 Å². The van der Waals surface area contributed by atoms with Crippen molar-refractivity contribution in [3.8, 4) is 0 Å². The summed E-state index contributed by atoms with van der Waals surface area (Å²) in [5, 5.41) is 3.80. The van der Waals surface area contributed by atoms with Crippen LogP contribution in [0.2, 0.25) is 0 Å². The van der Waals surface area contributed by atoms with Gasteiger partial charge in [-0.1, -0.05) is 5.16 Å². The molecule has 0 saturated carbocycles. The molecule has 0 N–H and O–H groups in total. The Hall–Kier alpha value is -2.24. The highest BCUT2D eigenvalue weighted by molar-refractivity contribution is 5.94. The molecule has 0 unspecified atom stereocenters. The minimum atomic E-state index is -1.04. The van der Waals surface area contributed by atoms with E-state index in [9.17, 15) is 13.6 Å². The van der Waals surface area contributed by atoms with Gasteiger partial charge < -0.3 is 9.42 Å². The van der Waals surface area contributed by atoms with Crippen LogP contribution in [0.3, 0.4) is 0 Å². The molecular formula is C14H14F2N2O2. The van der Waals surface area contributed by atoms with E-state index in [1.54, 1.807) is 20.9 Å². The summed E-state index contributed by atoms with van der Waals surface area (Å²) in [6.45, 7) is 3.83. The van der Waals surface area contributed by atoms with Crippen LogP contribution in [-0.4, -0.2) is 23.0 Å². The number of hydrogen-bond acceptors (Lipinski definition) is 3. The first-order chi connectivity index (χ1) is 9.40. The molecule has 1 amide bonds. The van der Waals surface area contributed by atoms with Crippen molar-refractivity contribution in [2.45, 2.75) is 20.4 Å². The van der Waals surface area contributed by atoms with E-state index >= 15 is 0 Å². The molecule has 2 rings (SSSR count). The molecule has 0 saturated heterocycles. The van der Waals surface area contributed by atoms with E-state index in [0.29, 0.717) is 18.0 Å². The van der Waals surface area contributed by atoms with Gasteiger partial charge in [-0.25, -0.2) is 8.78 Å². The molecule has 0 radical (unpaired) electrons. The molecule has 0 bridgehead atoms. The first-order valence-corrected chi connectivity index (χ1v) is 6.02. The SMILES string of the molecule is Cc1noc(C)c1CN(C)C(=O)c1ccc(F)c(F)c1. The number of hydrogen-bond donors (Lipinski definition) is 0. The third kappa shape index (κ3) is 2.68. The first kappa shape index (κ1) is 14.2. The number of carbonyl (C=O) groups excluding carboxylic acids is 1. The maximum absolute atomic E-state index is 13.1. The summed E-state index contributed by atoms with van der Waals surface area (Å²) < 4.78 is 31.0. The Kier molecular flexibility index (Phi) is 3.83. The van der Waals surface area contributed by atoms with Crippen LogP contribution in [0, 0.1) is 25.5 Å². The van der Waals surface area contributed by atoms with Crippen LogP contribution in [0.5, 0.6) is 0 Å². The molecule has 1 aromatic carbocycles. The van der Waals surface area contributed by atoms with E-state index in [0.717, 1.165) is 17.7 Å². The maximum atomic E-state index is 13.1. The second-order valence-corrected chi connectivity index (χ2v) is 4.59. The topological polar surface area (TPSA) is 46.3 Å². The Balaban J connectivity index is 2.18. The van der Waals surface area contributed by atoms with E-state index in [1.165, 1.54) is 11.0 Å². The number of benzene rings is 1. The van der Waals surface area contributed by atoms with Crippen molar-refractivity contribution in [3.63, 3.8) is 0 Å². The fraction of sp³-hybridized carbons (Fsp3) is 0.286. The molecular weight excluding hydrogens is 266 g/mol. The Bertz CT molecular complexity index is 633. The standard InChI is InChI=1S/C14H14F2N2O2/c1-8-11(9(2)20-17-8)7-18(3)14(19)10-4-5-12(15)13(16)6-10/h4-6H,7H2,1-3H3. The second kappa shape index (κ2) is 5.40. The Morgan fingerprint density at radius 3 is 2.55 bits per heavy atom. The lowest BCUT2D eigenvalue weighted by molar-refractivity contribution is 0.0784. The summed E-state index contributed by atoms with van der Waals surface area (Å²) >= 11 is 0. The second-order valence-electron chi connectivity index (χ2n) is 4.59. The van der Waals surface area contributed by atoms with E-state index in [2.05, 4.69) is 5.16 Å². The van der Waals surface area contributed by atoms with Crippen molar-refractivity contribution >= 4 is 5.91 Å². The zero-order valence-electron chi connectivity index (χ0n) is 11.4. The number of carbonyl (C=O) groups is 1. The summed E-state index contributed by atoms with van der Waals surface area (Å²) in [5.74, 6) is -1.78. The van der Waals surface area contributed by atoms with Crippen LogP contribution in [0.15, 0.2) is 22.7 Å². The molecule has 1 heterocycles. The Morgan fingerprint density at radius 2 is 2.00 bits per heavy atom. The van der Waals surface area contributed by atoms with Crippen LogP contribution >= 0.6 is 0 Å². The lowest BCUT2D eigenvalue weighted by Crippen LogP contribution is -2.26. The van der Waals surface area contributed by atoms with Gasteiger partial charge in [-0.15, -0.1) is 0 Å². The highest BCUT2D eigenvalue weighted by Crippen LogP contribution is 2.16. The van der Waals surface area contributed by atoms with E-state index in [-0.39, 0.29) is 5.56 Å². The average molecular weight is 280 g/mol. The normalized spacial score (nSPS) is 10.7. The molecule has 0 fully saturated rings. The third-order valence-electron chi connectivity index (χ3n) is 3.09. The quantitative estimate of drug-likeness (QED) is 0.868. The van der Waals surface area contributed by atoms with Crippen LogP contribution in [0.4, 0.5) is 8.78 Å². The van der Waals surface area contributed by atoms with Gasteiger partial charge in [0.05, 0.1) is 12.2 Å². The molecule has 2 aromatic rings. The first-order valence-electron chi connectivity index (χ1n) is 6.02. The predicted molar refractivity (Wildman–Crippen MR) is 68.1 cm³/mol. The Morgan fingerprint density at radius 1 is 1.30 bits per heavy atom. The summed E-state index contributed by atoms with van der Waals surface area (Å²) in [4.78, 5) is 13.5. The van der Waals surface area contributed by atoms with Crippen molar-refractivity contribution in [3.05, 3.63) is 52.4 Å². The minimum Gasteiger partial charge on any atom is -0.361 e. The molecule has 0 aliphatic heterocycles. The minimum absolute atomic E-state index is 0.0955. The number of halogens is 2. The van der Waals surface area contributed by atoms with E-state index in [4.69, 9.17) is 4.52 Å². The van der Waals surface area contributed by atoms with Crippen molar-refractivity contribution in [1.29, 1.82) is 0 Å². The number of amides is 1. The van der Waals surface area contributed by atoms with Crippen molar-refractivity contribution in [1.82, 2.24) is 10.1 Å². The lowest BCUT2D eigenvalue weighted by Gasteiger charge is -2.17. The van der Waals surface area contributed by atoms with Gasteiger partial charge in [0, 0.05) is 18.2 Å². The highest BCUT2D eigenvalue weighted by atomic mass is 19.2. The highest BCUT2D eigenvalue weighted by Gasteiger charge is 2.17. The zero-order chi connectivity index (χ0) is 14.9. The summed E-state index contributed by atoms with van der Waals surface area (Å²) in [6, 6.07) is 3.08. The molecule has 20 heavy (non-hydrogen) atoms. The predicted octanol–water partition coefficient (Wildman–Crippen LogP) is 2.84. The summed E-state index contributed by atoms with van der Waals surface area (Å²) in [6.07, 6.45) is 0. The van der Waals surface area contributed by atoms with Crippen LogP contribution < -0.4 is 0 Å². The zero-order valence-corrected chi connectivity index (χ0v) is 11.4. The smallest absolute Gasteiger partial charge is 0.254 e. The van der Waals surface area contributed by atoms with Crippen molar-refractivity contribution in [2.75, 3.05) is 7.05 Å². The molecule has 0 atom stereocenters. The number of aromatic nitrogens is 1. The van der Waals surface area contributed by atoms with Gasteiger partial charge in [0.25, 0.3) is 5.91 Å². The van der Waals surface area contributed by atoms with Crippen molar-refractivity contribution < 1.29 is 18.1 Å². The summed E-state index contributed by atoms with van der Waals surface area (Å²) in [5.41, 5.74) is 1.61. The van der Waals surface area contributed by atoms with E-state index < -0.39 is 17.5 Å². The van der Waals surface area contributed by atoms with Crippen LogP contribution in [-0.2, 0) is 6.54 Å². The van der Waals surface area contributed by atoms with Gasteiger partial charge in [-0.3, -0.25) is 4.79 Å². The number of aryl methyl sites for hydroxylation is 2. The molecule has 0 spiro atoms. The monoisotopic (exact) mass is 280 g/mol. The molecule has 6 heteroatoms. The van der Waals surface area contributed by atoms with Crippen molar-refractivity contribution in [2.24, 2.45) is 0 Å². The van der Waals surface area contributed by atoms with Gasteiger partial charge in [0.2, 0.25) is 0 Å². The molecule has 4 nitrogen and oxygen atoms in total. The number of rotatable bonds is 3. The lowest BCUT2D eigenvalue weighted by atomic mass is 10.1. The van der Waals surface area contributed by atoms with Gasteiger partial charge in [-0.05, 0) is 32.0 Å². The molecule has 106 valence electrons. The fourth-order valence-corrected chi connectivity index (χ4v) is 1.89.